The molecule has 1 N–H and O–H groups in total. The summed E-state index contributed by atoms with van der Waals surface area (Å²) in [7, 11) is 0. The molecular formula is C56H56N3OPt-. The molecular weight excluding hydrogens is 926 g/mol. The SMILES string of the molecule is [2H]c1nc(-c2[c-]c(-c3cccc4c3nc(-c3cc(C)cc(C)c3O)n4-c3ccc(-c4ccccc4)c(CC(C)C)c3)cc(C(C)(C)C)c2)c([2H])c(-c2c([2H])c([2H])c(C(C([2H])([2H])[2H])(C([2H])([2H])[2H])C([2H])([2H])[2H])c([2H])c2[2H])c1[2H].[Pt]. The molecule has 4 nitrogen and oxygen atoms in total. The van der Waals surface area contributed by atoms with Crippen molar-refractivity contribution in [1.82, 2.24) is 14.5 Å². The molecule has 2 aromatic heterocycles. The van der Waals surface area contributed by atoms with Gasteiger partial charge in [0, 0.05) is 51.0 Å². The van der Waals surface area contributed by atoms with E-state index in [1.54, 1.807) is 6.07 Å². The van der Waals surface area contributed by atoms with Gasteiger partial charge in [-0.25, -0.2) is 4.98 Å². The molecule has 0 radical (unpaired) electrons. The van der Waals surface area contributed by atoms with Gasteiger partial charge >= 0.3 is 0 Å². The molecule has 0 saturated heterocycles. The molecule has 0 spiro atoms. The third kappa shape index (κ3) is 8.93. The quantitative estimate of drug-likeness (QED) is 0.154. The van der Waals surface area contributed by atoms with Gasteiger partial charge in [0.2, 0.25) is 0 Å². The molecule has 0 aliphatic heterocycles. The van der Waals surface area contributed by atoms with Crippen molar-refractivity contribution in [2.24, 2.45) is 5.92 Å². The van der Waals surface area contributed by atoms with Crippen LogP contribution in [0.1, 0.15) is 105 Å². The Hall–Kier alpha value is -5.57. The third-order valence-corrected chi connectivity index (χ3v) is 10.6. The summed E-state index contributed by atoms with van der Waals surface area (Å²) in [6.07, 6.45) is 0.0349. The second kappa shape index (κ2) is 17.1. The number of aromatic hydroxyl groups is 1. The average molecular weight is 998 g/mol. The topological polar surface area (TPSA) is 50.9 Å². The van der Waals surface area contributed by atoms with Gasteiger partial charge in [-0.05, 0) is 112 Å². The zero-order valence-corrected chi connectivity index (χ0v) is 37.3. The van der Waals surface area contributed by atoms with E-state index in [2.05, 4.69) is 49.2 Å². The van der Waals surface area contributed by atoms with Crippen LogP contribution in [0.5, 0.6) is 5.75 Å². The molecule has 0 aliphatic rings. The maximum absolute atomic E-state index is 11.8. The van der Waals surface area contributed by atoms with Gasteiger partial charge in [-0.1, -0.05) is 151 Å². The van der Waals surface area contributed by atoms with E-state index in [0.717, 1.165) is 34.4 Å². The number of rotatable bonds is 8. The minimum atomic E-state index is -3.92. The van der Waals surface area contributed by atoms with Crippen molar-refractivity contribution in [3.63, 3.8) is 0 Å². The summed E-state index contributed by atoms with van der Waals surface area (Å²) in [6.45, 7) is 2.25. The smallest absolute Gasteiger partial charge is 0.148 e. The second-order valence-corrected chi connectivity index (χ2v) is 16.9. The Labute approximate surface area is 399 Å². The van der Waals surface area contributed by atoms with Crippen LogP contribution >= 0.6 is 0 Å². The van der Waals surface area contributed by atoms with E-state index in [-0.39, 0.29) is 38.1 Å². The number of benzene rings is 6. The maximum Gasteiger partial charge on any atom is 0.148 e. The van der Waals surface area contributed by atoms with Crippen molar-refractivity contribution in [3.8, 4) is 67.5 Å². The second-order valence-electron chi connectivity index (χ2n) is 16.9. The normalized spacial score (nSPS) is 16.3. The molecule has 0 unspecified atom stereocenters. The van der Waals surface area contributed by atoms with Gasteiger partial charge in [0.15, 0.2) is 0 Å². The van der Waals surface area contributed by atoms with Gasteiger partial charge in [-0.15, -0.1) is 29.3 Å². The van der Waals surface area contributed by atoms with E-state index >= 15 is 0 Å². The summed E-state index contributed by atoms with van der Waals surface area (Å²) in [5.41, 5.74) is 1.76. The summed E-state index contributed by atoms with van der Waals surface area (Å²) >= 11 is 0. The molecule has 5 heteroatoms. The van der Waals surface area contributed by atoms with Crippen molar-refractivity contribution in [2.45, 2.75) is 86.3 Å². The van der Waals surface area contributed by atoms with Gasteiger partial charge in [0.1, 0.15) is 11.6 Å². The van der Waals surface area contributed by atoms with Crippen molar-refractivity contribution >= 4 is 11.0 Å². The van der Waals surface area contributed by atoms with Gasteiger partial charge in [0.05, 0.1) is 26.2 Å². The monoisotopic (exact) mass is 998 g/mol. The number of imidazole rings is 1. The van der Waals surface area contributed by atoms with Crippen LogP contribution in [0, 0.1) is 25.8 Å². The van der Waals surface area contributed by atoms with E-state index in [0.29, 0.717) is 50.6 Å². The van der Waals surface area contributed by atoms with E-state index in [4.69, 9.17) is 25.5 Å². The fraction of sp³-hybridized carbons (Fsp3) is 0.250. The van der Waals surface area contributed by atoms with Crippen LogP contribution in [0.15, 0.2) is 133 Å². The van der Waals surface area contributed by atoms with E-state index in [1.807, 2.05) is 99.8 Å². The first-order valence-electron chi connectivity index (χ1n) is 27.9. The van der Waals surface area contributed by atoms with Crippen LogP contribution in [0.25, 0.3) is 72.7 Å². The van der Waals surface area contributed by atoms with E-state index < -0.39 is 90.5 Å². The predicted molar refractivity (Wildman–Crippen MR) is 252 cm³/mol. The van der Waals surface area contributed by atoms with Crippen LogP contribution in [0.3, 0.4) is 0 Å². The molecule has 0 fully saturated rings. The molecule has 8 rings (SSSR count). The number of nitrogens with zero attached hydrogens (tertiary/aromatic N) is 3. The molecule has 0 atom stereocenters. The number of fused-ring (bicyclic) bond motifs is 1. The number of hydrogen-bond donors (Lipinski definition) is 1. The summed E-state index contributed by atoms with van der Waals surface area (Å²) in [5, 5.41) is 11.8. The number of hydrogen-bond acceptors (Lipinski definition) is 3. The van der Waals surface area contributed by atoms with Crippen LogP contribution < -0.4 is 0 Å². The van der Waals surface area contributed by atoms with E-state index in [1.165, 1.54) is 0 Å². The molecule has 0 aliphatic carbocycles. The number of aryl methyl sites for hydroxylation is 2. The summed E-state index contributed by atoms with van der Waals surface area (Å²) in [6, 6.07) is 26.6. The Balaban J connectivity index is 0.00000861. The Bertz CT molecular complexity index is 3550. The molecule has 0 amide bonds. The first-order chi connectivity index (χ1) is 35.2. The van der Waals surface area contributed by atoms with Crippen molar-refractivity contribution in [2.75, 3.05) is 0 Å². The van der Waals surface area contributed by atoms with Crippen molar-refractivity contribution < 1.29 is 48.1 Å². The molecule has 6 aromatic carbocycles. The first kappa shape index (κ1) is 27.4. The summed E-state index contributed by atoms with van der Waals surface area (Å²) < 4.78 is 140. The standard InChI is InChI=1S/C56H56N3O.Pt/c1-35(2)27-41-33-46(23-24-47(41)39-15-12-11-13-16-39)59-51-18-14-17-48(52(51)58-54(59)49-29-36(3)28-37(4)53(49)60)42-30-43(32-45(31-42)56(8,9)10)50-34-40(25-26-57-50)38-19-21-44(22-20-38)55(5,6)7;/h11-26,28-29,31-35,60H,27H2,1-10H3;/q-1;/i5D3,6D3,7D3,19D,20D,21D,22D,25D,26D,34D;. The number of phenols is 1. The van der Waals surface area contributed by atoms with Gasteiger partial charge in [-0.3, -0.25) is 9.55 Å². The Morgan fingerprint density at radius 2 is 1.48 bits per heavy atom. The minimum Gasteiger partial charge on any atom is -0.507 e. The first-order valence-corrected chi connectivity index (χ1v) is 19.9. The minimum absolute atomic E-state index is 0. The molecule has 0 bridgehead atoms. The molecule has 61 heavy (non-hydrogen) atoms. The van der Waals surface area contributed by atoms with Crippen LogP contribution in [-0.2, 0) is 38.3 Å². The van der Waals surface area contributed by atoms with Crippen LogP contribution in [0.4, 0.5) is 0 Å². The number of para-hydroxylation sites is 1. The molecule has 8 aromatic rings. The number of aromatic nitrogens is 3. The number of pyridine rings is 1. The summed E-state index contributed by atoms with van der Waals surface area (Å²) in [4.78, 5) is 9.70. The fourth-order valence-corrected chi connectivity index (χ4v) is 7.59. The largest absolute Gasteiger partial charge is 0.507 e. The average Bonchev–Trinajstić information content (AvgIpc) is 3.71. The fourth-order valence-electron chi connectivity index (χ4n) is 7.59. The van der Waals surface area contributed by atoms with E-state index in [9.17, 15) is 6.48 Å². The molecule has 2 heterocycles. The zero-order chi connectivity index (χ0) is 56.1. The van der Waals surface area contributed by atoms with Gasteiger partial charge in [0.25, 0.3) is 0 Å². The maximum atomic E-state index is 11.8. The van der Waals surface area contributed by atoms with Crippen molar-refractivity contribution in [1.29, 1.82) is 0 Å². The van der Waals surface area contributed by atoms with Crippen molar-refractivity contribution in [3.05, 3.63) is 167 Å². The number of phenolic OH excluding ortho intramolecular Hbond substituents is 1. The molecule has 312 valence electrons. The summed E-state index contributed by atoms with van der Waals surface area (Å²) in [5.74, 6) is 0.845. The zero-order valence-electron chi connectivity index (χ0n) is 51.0. The van der Waals surface area contributed by atoms with Gasteiger partial charge in [-0.2, -0.15) is 0 Å². The molecule has 0 saturated carbocycles. The Kier molecular flexibility index (Phi) is 7.66. The Morgan fingerprint density at radius 1 is 0.738 bits per heavy atom. The van der Waals surface area contributed by atoms with Gasteiger partial charge < -0.3 is 5.11 Å². The third-order valence-electron chi connectivity index (χ3n) is 10.6. The van der Waals surface area contributed by atoms with Crippen LogP contribution in [-0.4, -0.2) is 19.6 Å². The predicted octanol–water partition coefficient (Wildman–Crippen LogP) is 14.7. The Morgan fingerprint density at radius 3 is 2.18 bits per heavy atom. The van der Waals surface area contributed by atoms with Crippen LogP contribution in [0.2, 0.25) is 0 Å².